The van der Waals surface area contributed by atoms with E-state index in [1.165, 1.54) is 89.9 Å². The van der Waals surface area contributed by atoms with Crippen LogP contribution in [0, 0.1) is 0 Å². The van der Waals surface area contributed by atoms with E-state index in [4.69, 9.17) is 5.73 Å². The van der Waals surface area contributed by atoms with Crippen LogP contribution in [-0.4, -0.2) is 30.2 Å². The molecule has 0 spiro atoms. The topological polar surface area (TPSA) is 26.0 Å². The molecule has 122 valence electrons. The van der Waals surface area contributed by atoms with Crippen molar-refractivity contribution in [3.63, 3.8) is 0 Å². The molecule has 0 aliphatic heterocycles. The van der Waals surface area contributed by atoms with Crippen LogP contribution in [0.2, 0.25) is 0 Å². The molecule has 0 saturated heterocycles. The Morgan fingerprint density at radius 3 is 1.45 bits per heavy atom. The Morgan fingerprint density at radius 2 is 1.00 bits per heavy atom. The number of hydrogen-bond acceptors (Lipinski definition) is 1. The maximum absolute atomic E-state index is 5.47. The van der Waals surface area contributed by atoms with Gasteiger partial charge in [-0.1, -0.05) is 76.9 Å². The van der Waals surface area contributed by atoms with Gasteiger partial charge < -0.3 is 5.73 Å². The van der Waals surface area contributed by atoms with E-state index in [1.807, 2.05) is 0 Å². The molecule has 0 rings (SSSR count). The monoisotopic (exact) mass is 399 g/mol. The van der Waals surface area contributed by atoms with Crippen LogP contribution < -0.4 is 5.73 Å². The summed E-state index contributed by atoms with van der Waals surface area (Å²) in [6.45, 7) is 3.14. The predicted octanol–water partition coefficient (Wildman–Crippen LogP) is 5.07. The van der Waals surface area contributed by atoms with Crippen molar-refractivity contribution in [3.05, 3.63) is 12.2 Å². The average Bonchev–Trinajstić information content (AvgIpc) is 2.43. The molecule has 0 aromatic carbocycles. The van der Waals surface area contributed by atoms with Crippen LogP contribution in [0.3, 0.4) is 0 Å². The Kier molecular flexibility index (Phi) is 24.8. The first-order valence-electron chi connectivity index (χ1n) is 8.77. The number of unbranched alkanes of at least 4 members (excludes halogenated alkanes) is 12. The van der Waals surface area contributed by atoms with E-state index >= 15 is 0 Å². The van der Waals surface area contributed by atoms with Gasteiger partial charge in [-0.25, -0.2) is 0 Å². The zero-order valence-corrected chi connectivity index (χ0v) is 16.7. The number of nitrogens with two attached hydrogens (primary N) is 1. The van der Waals surface area contributed by atoms with Crippen molar-refractivity contribution in [2.24, 2.45) is 5.73 Å². The summed E-state index contributed by atoms with van der Waals surface area (Å²) >= 11 is 0. The quantitative estimate of drug-likeness (QED) is 0.233. The molecule has 0 saturated carbocycles. The fourth-order valence-electron chi connectivity index (χ4n) is 2.39. The van der Waals surface area contributed by atoms with Crippen molar-refractivity contribution >= 4 is 23.7 Å². The van der Waals surface area contributed by atoms with Crippen LogP contribution in [0.25, 0.3) is 0 Å². The van der Waals surface area contributed by atoms with Gasteiger partial charge in [0.1, 0.15) is 0 Å². The van der Waals surface area contributed by atoms with Crippen molar-refractivity contribution in [2.45, 2.75) is 96.8 Å². The van der Waals surface area contributed by atoms with Crippen LogP contribution in [0.5, 0.6) is 0 Å². The first-order valence-corrected chi connectivity index (χ1v) is 8.77. The Hall–Kier alpha value is 0.490. The molecule has 2 N–H and O–H groups in total. The first-order chi connectivity index (χ1) is 9.41. The van der Waals surface area contributed by atoms with Crippen molar-refractivity contribution < 1.29 is 0 Å². The van der Waals surface area contributed by atoms with Gasteiger partial charge in [0.2, 0.25) is 0 Å². The maximum atomic E-state index is 5.47. The van der Waals surface area contributed by atoms with E-state index in [2.05, 4.69) is 19.1 Å². The van der Waals surface area contributed by atoms with E-state index < -0.39 is 0 Å². The third-order valence-electron chi connectivity index (χ3n) is 3.72. The Balaban J connectivity index is 0. The van der Waals surface area contributed by atoms with Gasteiger partial charge in [0.15, 0.2) is 0 Å². The van der Waals surface area contributed by atoms with Gasteiger partial charge in [-0.2, -0.15) is 0 Å². The van der Waals surface area contributed by atoms with Gasteiger partial charge in [-0.05, 0) is 38.6 Å². The summed E-state index contributed by atoms with van der Waals surface area (Å²) in [5.74, 6) is 0. The van der Waals surface area contributed by atoms with Gasteiger partial charge in [-0.3, -0.25) is 0 Å². The van der Waals surface area contributed by atoms with Crippen LogP contribution >= 0.6 is 0 Å². The molecular weight excluding hydrogens is 358 g/mol. The summed E-state index contributed by atoms with van der Waals surface area (Å²) in [6, 6.07) is 0. The minimum atomic E-state index is 0. The summed E-state index contributed by atoms with van der Waals surface area (Å²) in [5, 5.41) is 0. The molecule has 0 unspecified atom stereocenters. The Bertz CT molecular complexity index is 180. The molecule has 0 fully saturated rings. The van der Waals surface area contributed by atoms with Crippen LogP contribution in [0.1, 0.15) is 96.8 Å². The third-order valence-corrected chi connectivity index (χ3v) is 3.72. The molecule has 0 aromatic rings. The van der Waals surface area contributed by atoms with Gasteiger partial charge in [-0.15, -0.1) is 0 Å². The first kappa shape index (κ1) is 22.8. The summed E-state index contributed by atoms with van der Waals surface area (Å²) < 4.78 is 0. The van der Waals surface area contributed by atoms with Gasteiger partial charge in [0.05, 0.1) is 0 Å². The van der Waals surface area contributed by atoms with Gasteiger partial charge >= 0.3 is 23.7 Å². The molecular formula is C18H39NTe. The summed E-state index contributed by atoms with van der Waals surface area (Å²) in [6.07, 6.45) is 23.9. The molecule has 0 atom stereocenters. The van der Waals surface area contributed by atoms with E-state index in [9.17, 15) is 0 Å². The zero-order chi connectivity index (χ0) is 14.0. The number of allylic oxidation sites excluding steroid dienone is 2. The zero-order valence-electron chi connectivity index (χ0n) is 13.8. The second kappa shape index (κ2) is 21.8. The standard InChI is InChI=1S/C18H37N.H2Te/c1-2-3-4-5-6-7-8-9-10-11-12-13-14-15-16-17-18-19;/h9-10H,2-8,11-19H2,1H3;1H2. The third kappa shape index (κ3) is 20.8. The second-order valence-electron chi connectivity index (χ2n) is 5.73. The SMILES string of the molecule is CCCCCCCCC=CCCCCCCCCN.[TeH2]. The van der Waals surface area contributed by atoms with Crippen LogP contribution in [0.4, 0.5) is 0 Å². The molecule has 1 nitrogen and oxygen atoms in total. The normalized spacial score (nSPS) is 10.9. The Morgan fingerprint density at radius 1 is 0.600 bits per heavy atom. The molecule has 0 aliphatic carbocycles. The molecule has 0 heterocycles. The van der Waals surface area contributed by atoms with Crippen molar-refractivity contribution in [2.75, 3.05) is 6.54 Å². The van der Waals surface area contributed by atoms with Crippen LogP contribution in [-0.2, 0) is 0 Å². The molecule has 0 bridgehead atoms. The minimum absolute atomic E-state index is 0. The predicted molar refractivity (Wildman–Crippen MR) is 97.1 cm³/mol. The molecule has 2 heteroatoms. The van der Waals surface area contributed by atoms with Crippen LogP contribution in [0.15, 0.2) is 12.2 Å². The van der Waals surface area contributed by atoms with Crippen molar-refractivity contribution in [1.82, 2.24) is 0 Å². The summed E-state index contributed by atoms with van der Waals surface area (Å²) in [7, 11) is 0. The fourth-order valence-corrected chi connectivity index (χ4v) is 2.39. The molecule has 0 radical (unpaired) electrons. The van der Waals surface area contributed by atoms with Crippen molar-refractivity contribution in [3.8, 4) is 0 Å². The van der Waals surface area contributed by atoms with E-state index in [0.717, 1.165) is 6.54 Å². The second-order valence-corrected chi connectivity index (χ2v) is 5.73. The summed E-state index contributed by atoms with van der Waals surface area (Å²) in [4.78, 5) is 0. The van der Waals surface area contributed by atoms with Gasteiger partial charge in [0.25, 0.3) is 0 Å². The van der Waals surface area contributed by atoms with Crippen molar-refractivity contribution in [1.29, 1.82) is 0 Å². The molecule has 0 amide bonds. The average molecular weight is 397 g/mol. The van der Waals surface area contributed by atoms with E-state index in [-0.39, 0.29) is 23.7 Å². The van der Waals surface area contributed by atoms with Gasteiger partial charge in [0, 0.05) is 0 Å². The Labute approximate surface area is 144 Å². The molecule has 20 heavy (non-hydrogen) atoms. The fraction of sp³-hybridized carbons (Fsp3) is 0.889. The number of hydrogen-bond donors (Lipinski definition) is 1. The van der Waals surface area contributed by atoms with E-state index in [0.29, 0.717) is 0 Å². The number of rotatable bonds is 15. The summed E-state index contributed by atoms with van der Waals surface area (Å²) in [5.41, 5.74) is 5.47. The molecule has 0 aromatic heterocycles. The molecule has 0 aliphatic rings. The van der Waals surface area contributed by atoms with E-state index in [1.54, 1.807) is 0 Å².